The van der Waals surface area contributed by atoms with E-state index in [0.717, 1.165) is 40.9 Å². The summed E-state index contributed by atoms with van der Waals surface area (Å²) in [5.41, 5.74) is 13.0. The lowest BCUT2D eigenvalue weighted by Crippen LogP contribution is -2.52. The SMILES string of the molecule is [N-]=[N+]=NCc1ccccc1C[C@@]1(C(=O)NCCN2CCOCC2)N=C(c2ccc(OCCCO)cc2)O[C@@H]1c1ccc(-c2ccccc2)cc1. The van der Waals surface area contributed by atoms with Crippen molar-refractivity contribution in [1.29, 1.82) is 0 Å². The number of carbonyl (C=O) groups excluding carboxylic acids is 1. The van der Waals surface area contributed by atoms with Crippen molar-refractivity contribution >= 4 is 11.8 Å². The van der Waals surface area contributed by atoms with Crippen molar-refractivity contribution in [2.45, 2.75) is 31.0 Å². The Morgan fingerprint density at radius 1 is 0.940 bits per heavy atom. The van der Waals surface area contributed by atoms with Gasteiger partial charge < -0.3 is 24.6 Å². The highest BCUT2D eigenvalue weighted by atomic mass is 16.5. The molecule has 2 N–H and O–H groups in total. The maximum atomic E-state index is 14.7. The molecule has 0 bridgehead atoms. The summed E-state index contributed by atoms with van der Waals surface area (Å²) in [6, 6.07) is 33.3. The number of rotatable bonds is 15. The average Bonchev–Trinajstić information content (AvgIpc) is 3.56. The van der Waals surface area contributed by atoms with Gasteiger partial charge in [-0.1, -0.05) is 84.0 Å². The Morgan fingerprint density at radius 3 is 2.34 bits per heavy atom. The second-order valence-electron chi connectivity index (χ2n) is 12.3. The molecule has 4 aromatic carbocycles. The van der Waals surface area contributed by atoms with Crippen molar-refractivity contribution in [1.82, 2.24) is 10.2 Å². The Morgan fingerprint density at radius 2 is 1.62 bits per heavy atom. The molecule has 0 aliphatic carbocycles. The van der Waals surface area contributed by atoms with Crippen LogP contribution in [0.25, 0.3) is 21.6 Å². The minimum atomic E-state index is -1.39. The molecular weight excluding hydrogens is 632 g/mol. The quantitative estimate of drug-likeness (QED) is 0.0699. The third kappa shape index (κ3) is 8.33. The van der Waals surface area contributed by atoms with Crippen LogP contribution in [0.2, 0.25) is 0 Å². The highest BCUT2D eigenvalue weighted by molar-refractivity contribution is 6.01. The maximum Gasteiger partial charge on any atom is 0.252 e. The molecule has 0 spiro atoms. The molecule has 258 valence electrons. The smallest absolute Gasteiger partial charge is 0.252 e. The summed E-state index contributed by atoms with van der Waals surface area (Å²) in [4.78, 5) is 25.2. The largest absolute Gasteiger partial charge is 0.494 e. The van der Waals surface area contributed by atoms with Crippen molar-refractivity contribution in [3.63, 3.8) is 0 Å². The third-order valence-corrected chi connectivity index (χ3v) is 9.05. The van der Waals surface area contributed by atoms with Gasteiger partial charge in [-0.25, -0.2) is 4.99 Å². The van der Waals surface area contributed by atoms with Crippen molar-refractivity contribution < 1.29 is 24.1 Å². The average molecular weight is 675 g/mol. The Hall–Kier alpha value is -5.19. The van der Waals surface area contributed by atoms with E-state index in [4.69, 9.17) is 29.8 Å². The van der Waals surface area contributed by atoms with E-state index in [1.54, 1.807) is 0 Å². The van der Waals surface area contributed by atoms with Crippen LogP contribution in [0.5, 0.6) is 5.75 Å². The van der Waals surface area contributed by atoms with Gasteiger partial charge in [0.1, 0.15) is 5.75 Å². The molecule has 11 nitrogen and oxygen atoms in total. The Balaban J connectivity index is 1.39. The van der Waals surface area contributed by atoms with Crippen LogP contribution in [0.4, 0.5) is 0 Å². The summed E-state index contributed by atoms with van der Waals surface area (Å²) < 4.78 is 18.0. The number of aliphatic hydroxyl groups excluding tert-OH is 1. The lowest BCUT2D eigenvalue weighted by atomic mass is 9.80. The minimum Gasteiger partial charge on any atom is -0.494 e. The predicted molar refractivity (Wildman–Crippen MR) is 192 cm³/mol. The Labute approximate surface area is 292 Å². The highest BCUT2D eigenvalue weighted by Crippen LogP contribution is 2.43. The van der Waals surface area contributed by atoms with Crippen molar-refractivity contribution in [3.05, 3.63) is 136 Å². The zero-order valence-electron chi connectivity index (χ0n) is 28.0. The van der Waals surface area contributed by atoms with Gasteiger partial charge in [-0.2, -0.15) is 0 Å². The van der Waals surface area contributed by atoms with Gasteiger partial charge in [0.15, 0.2) is 11.6 Å². The van der Waals surface area contributed by atoms with Crippen LogP contribution >= 0.6 is 0 Å². The molecule has 0 unspecified atom stereocenters. The second kappa shape index (κ2) is 17.0. The number of amides is 1. The second-order valence-corrected chi connectivity index (χ2v) is 12.3. The number of carbonyl (C=O) groups is 1. The fourth-order valence-corrected chi connectivity index (χ4v) is 6.35. The van der Waals surface area contributed by atoms with Gasteiger partial charge in [0.25, 0.3) is 5.91 Å². The molecule has 2 heterocycles. The molecule has 0 saturated carbocycles. The Bertz CT molecular complexity index is 1790. The van der Waals surface area contributed by atoms with Gasteiger partial charge >= 0.3 is 0 Å². The van der Waals surface area contributed by atoms with E-state index in [0.29, 0.717) is 56.5 Å². The molecule has 50 heavy (non-hydrogen) atoms. The van der Waals surface area contributed by atoms with Gasteiger partial charge in [-0.15, -0.1) is 0 Å². The first-order chi connectivity index (χ1) is 24.6. The lowest BCUT2D eigenvalue weighted by Gasteiger charge is -2.32. The lowest BCUT2D eigenvalue weighted by molar-refractivity contribution is -0.129. The number of nitrogens with one attached hydrogen (secondary N) is 1. The molecule has 2 aliphatic rings. The molecule has 11 heteroatoms. The maximum absolute atomic E-state index is 14.7. The molecule has 2 aliphatic heterocycles. The van der Waals surface area contributed by atoms with Gasteiger partial charge in [0, 0.05) is 56.1 Å². The van der Waals surface area contributed by atoms with Crippen LogP contribution in [0.15, 0.2) is 113 Å². The first kappa shape index (κ1) is 34.7. The monoisotopic (exact) mass is 674 g/mol. The van der Waals surface area contributed by atoms with Crippen LogP contribution < -0.4 is 10.1 Å². The van der Waals surface area contributed by atoms with E-state index in [9.17, 15) is 4.79 Å². The zero-order valence-corrected chi connectivity index (χ0v) is 28.0. The summed E-state index contributed by atoms with van der Waals surface area (Å²) in [5, 5.41) is 16.2. The van der Waals surface area contributed by atoms with Gasteiger partial charge in [0.2, 0.25) is 5.90 Å². The number of hydrogen-bond acceptors (Lipinski definition) is 8. The summed E-state index contributed by atoms with van der Waals surface area (Å²) >= 11 is 0. The van der Waals surface area contributed by atoms with Crippen LogP contribution in [0.3, 0.4) is 0 Å². The van der Waals surface area contributed by atoms with E-state index in [2.05, 4.69) is 32.4 Å². The van der Waals surface area contributed by atoms with Gasteiger partial charge in [0.05, 0.1) is 26.4 Å². The van der Waals surface area contributed by atoms with E-state index < -0.39 is 11.6 Å². The molecule has 2 atom stereocenters. The topological polar surface area (TPSA) is 141 Å². The number of hydrogen-bond donors (Lipinski definition) is 2. The van der Waals surface area contributed by atoms with Crippen LogP contribution in [0.1, 0.15) is 34.8 Å². The van der Waals surface area contributed by atoms with E-state index >= 15 is 0 Å². The number of aliphatic hydroxyl groups is 1. The normalized spacial score (nSPS) is 18.8. The van der Waals surface area contributed by atoms with Crippen LogP contribution in [-0.4, -0.2) is 80.0 Å². The molecule has 4 aromatic rings. The number of aliphatic imine (C=N–C) groups is 1. The Kier molecular flexibility index (Phi) is 11.8. The van der Waals surface area contributed by atoms with Gasteiger partial charge in [-0.05, 0) is 57.6 Å². The van der Waals surface area contributed by atoms with E-state index in [-0.39, 0.29) is 25.5 Å². The molecule has 6 rings (SSSR count). The van der Waals surface area contributed by atoms with E-state index in [1.165, 1.54) is 0 Å². The third-order valence-electron chi connectivity index (χ3n) is 9.05. The van der Waals surface area contributed by atoms with Crippen molar-refractivity contribution in [3.8, 4) is 16.9 Å². The number of nitrogens with zero attached hydrogens (tertiary/aromatic N) is 5. The van der Waals surface area contributed by atoms with E-state index in [1.807, 2.05) is 91.0 Å². The minimum absolute atomic E-state index is 0.0546. The van der Waals surface area contributed by atoms with Crippen molar-refractivity contribution in [2.24, 2.45) is 10.1 Å². The number of azide groups is 1. The molecule has 1 amide bonds. The first-order valence-corrected chi connectivity index (χ1v) is 17.0. The summed E-state index contributed by atoms with van der Waals surface area (Å²) in [5.74, 6) is 0.758. The highest BCUT2D eigenvalue weighted by Gasteiger charge is 2.53. The standard InChI is InChI=1S/C39H42N6O5/c40-44-42-28-34-10-5-4-9-33(34)27-39(38(47)41-19-20-45-21-25-48-26-22-45)36(31-13-11-30(12-14-31)29-7-2-1-3-8-29)50-37(43-39)32-15-17-35(18-16-32)49-24-6-23-46/h1-5,7-18,36,46H,6,19-28H2,(H,41,47)/t36-,39-/m1/s1. The summed E-state index contributed by atoms with van der Waals surface area (Å²) in [6.45, 7) is 4.70. The summed E-state index contributed by atoms with van der Waals surface area (Å²) in [6.07, 6.45) is -0.0180. The molecule has 1 fully saturated rings. The van der Waals surface area contributed by atoms with Crippen LogP contribution in [0, 0.1) is 0 Å². The molecule has 1 saturated heterocycles. The predicted octanol–water partition coefficient (Wildman–Crippen LogP) is 5.87. The number of ether oxygens (including phenoxy) is 3. The fourth-order valence-electron chi connectivity index (χ4n) is 6.35. The first-order valence-electron chi connectivity index (χ1n) is 17.0. The zero-order chi connectivity index (χ0) is 34.6. The molecule has 0 aromatic heterocycles. The molecular formula is C39H42N6O5. The fraction of sp³-hybridized carbons (Fsp3) is 0.333. The molecule has 0 radical (unpaired) electrons. The van der Waals surface area contributed by atoms with Crippen LogP contribution in [-0.2, 0) is 27.2 Å². The van der Waals surface area contributed by atoms with Gasteiger partial charge in [-0.3, -0.25) is 9.69 Å². The van der Waals surface area contributed by atoms with Crippen molar-refractivity contribution in [2.75, 3.05) is 52.6 Å². The number of benzene rings is 4. The summed E-state index contributed by atoms with van der Waals surface area (Å²) in [7, 11) is 0. The number of morpholine rings is 1.